The lowest BCUT2D eigenvalue weighted by atomic mass is 10.1. The number of halogens is 3. The zero-order chi connectivity index (χ0) is 13.9. The molecule has 19 heavy (non-hydrogen) atoms. The van der Waals surface area contributed by atoms with Crippen LogP contribution in [0.5, 0.6) is 0 Å². The zero-order valence-corrected chi connectivity index (χ0v) is 10.2. The van der Waals surface area contributed by atoms with Crippen LogP contribution in [0.2, 0.25) is 0 Å². The Morgan fingerprint density at radius 2 is 1.95 bits per heavy atom. The molecule has 1 unspecified atom stereocenters. The molecule has 0 spiro atoms. The van der Waals surface area contributed by atoms with Crippen LogP contribution in [0, 0.1) is 0 Å². The Morgan fingerprint density at radius 1 is 1.26 bits per heavy atom. The highest BCUT2D eigenvalue weighted by molar-refractivity contribution is 5.20. The molecule has 0 radical (unpaired) electrons. The standard InChI is InChI=1S/C12H13F3N4/c1-19-8-17-18-10(19)7-16-11(12(13,14)15)9-5-3-2-4-6-9/h2-6,8,11,16H,7H2,1H3. The van der Waals surface area contributed by atoms with Crippen LogP contribution in [0.3, 0.4) is 0 Å². The third-order valence-electron chi connectivity index (χ3n) is 2.73. The molecule has 0 saturated heterocycles. The molecule has 0 bridgehead atoms. The molecule has 7 heteroatoms. The number of nitrogens with zero attached hydrogens (tertiary/aromatic N) is 3. The van der Waals surface area contributed by atoms with Crippen LogP contribution in [0.25, 0.3) is 0 Å². The van der Waals surface area contributed by atoms with Gasteiger partial charge in [-0.25, -0.2) is 0 Å². The van der Waals surface area contributed by atoms with E-state index < -0.39 is 12.2 Å². The van der Waals surface area contributed by atoms with Gasteiger partial charge < -0.3 is 4.57 Å². The second-order valence-corrected chi connectivity index (χ2v) is 4.12. The summed E-state index contributed by atoms with van der Waals surface area (Å²) in [7, 11) is 1.68. The highest BCUT2D eigenvalue weighted by atomic mass is 19.4. The van der Waals surface area contributed by atoms with Crippen LogP contribution >= 0.6 is 0 Å². The summed E-state index contributed by atoms with van der Waals surface area (Å²) in [5, 5.41) is 9.84. The van der Waals surface area contributed by atoms with Crippen molar-refractivity contribution in [2.24, 2.45) is 7.05 Å². The average molecular weight is 270 g/mol. The quantitative estimate of drug-likeness (QED) is 0.926. The summed E-state index contributed by atoms with van der Waals surface area (Å²) in [6.45, 7) is -0.00439. The number of rotatable bonds is 4. The summed E-state index contributed by atoms with van der Waals surface area (Å²) >= 11 is 0. The fourth-order valence-corrected chi connectivity index (χ4v) is 1.73. The predicted molar refractivity (Wildman–Crippen MR) is 63.1 cm³/mol. The fourth-order valence-electron chi connectivity index (χ4n) is 1.73. The van der Waals surface area contributed by atoms with Gasteiger partial charge in [0.15, 0.2) is 0 Å². The molecule has 1 aromatic carbocycles. The summed E-state index contributed by atoms with van der Waals surface area (Å²) in [6, 6.07) is 6.02. The minimum Gasteiger partial charge on any atom is -0.320 e. The molecule has 2 rings (SSSR count). The molecule has 1 aromatic heterocycles. The molecular formula is C12H13F3N4. The minimum atomic E-state index is -4.36. The van der Waals surface area contributed by atoms with Crippen molar-refractivity contribution in [3.8, 4) is 0 Å². The zero-order valence-electron chi connectivity index (χ0n) is 10.2. The maximum atomic E-state index is 13.0. The number of benzene rings is 1. The van der Waals surface area contributed by atoms with Gasteiger partial charge >= 0.3 is 6.18 Å². The summed E-state index contributed by atoms with van der Waals surface area (Å²) in [4.78, 5) is 0. The van der Waals surface area contributed by atoms with Gasteiger partial charge in [-0.1, -0.05) is 30.3 Å². The number of hydrogen-bond acceptors (Lipinski definition) is 3. The van der Waals surface area contributed by atoms with E-state index in [2.05, 4.69) is 15.5 Å². The van der Waals surface area contributed by atoms with E-state index in [4.69, 9.17) is 0 Å². The summed E-state index contributed by atoms with van der Waals surface area (Å²) in [5.41, 5.74) is 0.178. The molecule has 1 N–H and O–H groups in total. The largest absolute Gasteiger partial charge is 0.407 e. The first-order valence-electron chi connectivity index (χ1n) is 5.66. The lowest BCUT2D eigenvalue weighted by molar-refractivity contribution is -0.158. The van der Waals surface area contributed by atoms with Crippen LogP contribution in [0.1, 0.15) is 17.4 Å². The van der Waals surface area contributed by atoms with Gasteiger partial charge in [-0.05, 0) is 5.56 Å². The molecule has 0 fully saturated rings. The highest BCUT2D eigenvalue weighted by Gasteiger charge is 2.40. The first-order chi connectivity index (χ1) is 8.98. The normalized spacial score (nSPS) is 13.5. The Bertz CT molecular complexity index is 521. The maximum absolute atomic E-state index is 13.0. The van der Waals surface area contributed by atoms with Crippen molar-refractivity contribution in [2.75, 3.05) is 0 Å². The Kier molecular flexibility index (Phi) is 3.84. The van der Waals surface area contributed by atoms with Gasteiger partial charge in [0.1, 0.15) is 18.2 Å². The molecule has 1 atom stereocenters. The van der Waals surface area contributed by atoms with Gasteiger partial charge in [-0.2, -0.15) is 13.2 Å². The monoisotopic (exact) mass is 270 g/mol. The number of aromatic nitrogens is 3. The topological polar surface area (TPSA) is 42.7 Å². The SMILES string of the molecule is Cn1cnnc1CNC(c1ccccc1)C(F)(F)F. The van der Waals surface area contributed by atoms with Crippen molar-refractivity contribution in [1.29, 1.82) is 0 Å². The molecular weight excluding hydrogens is 257 g/mol. The molecule has 0 amide bonds. The van der Waals surface area contributed by atoms with Crippen LogP contribution in [-0.2, 0) is 13.6 Å². The van der Waals surface area contributed by atoms with Crippen molar-refractivity contribution in [3.63, 3.8) is 0 Å². The molecule has 0 aliphatic rings. The van der Waals surface area contributed by atoms with E-state index in [0.29, 0.717) is 5.82 Å². The predicted octanol–water partition coefficient (Wildman–Crippen LogP) is 2.21. The van der Waals surface area contributed by atoms with Crippen LogP contribution in [0.4, 0.5) is 13.2 Å². The fraction of sp³-hybridized carbons (Fsp3) is 0.333. The maximum Gasteiger partial charge on any atom is 0.407 e. The Labute approximate surface area is 108 Å². The third-order valence-corrected chi connectivity index (χ3v) is 2.73. The Morgan fingerprint density at radius 3 is 2.47 bits per heavy atom. The molecule has 0 saturated carbocycles. The van der Waals surface area contributed by atoms with Gasteiger partial charge in [-0.15, -0.1) is 10.2 Å². The van der Waals surface area contributed by atoms with Crippen LogP contribution in [0.15, 0.2) is 36.7 Å². The first kappa shape index (κ1) is 13.5. The average Bonchev–Trinajstić information content (AvgIpc) is 2.75. The van der Waals surface area contributed by atoms with Crippen LogP contribution in [-0.4, -0.2) is 20.9 Å². The Balaban J connectivity index is 2.14. The van der Waals surface area contributed by atoms with E-state index in [-0.39, 0.29) is 12.1 Å². The van der Waals surface area contributed by atoms with Crippen molar-refractivity contribution >= 4 is 0 Å². The summed E-state index contributed by atoms with van der Waals surface area (Å²) in [6.07, 6.45) is -2.91. The molecule has 4 nitrogen and oxygen atoms in total. The number of hydrogen-bond donors (Lipinski definition) is 1. The van der Waals surface area contributed by atoms with E-state index >= 15 is 0 Å². The molecule has 0 aliphatic carbocycles. The van der Waals surface area contributed by atoms with Gasteiger partial charge in [0, 0.05) is 7.05 Å². The van der Waals surface area contributed by atoms with E-state index in [1.807, 2.05) is 0 Å². The van der Waals surface area contributed by atoms with Gasteiger partial charge in [0.05, 0.1) is 6.54 Å². The lowest BCUT2D eigenvalue weighted by Crippen LogP contribution is -2.34. The molecule has 1 heterocycles. The first-order valence-corrected chi connectivity index (χ1v) is 5.66. The highest BCUT2D eigenvalue weighted by Crippen LogP contribution is 2.32. The second kappa shape index (κ2) is 5.40. The molecule has 2 aromatic rings. The minimum absolute atomic E-state index is 0.00439. The van der Waals surface area contributed by atoms with E-state index in [1.54, 1.807) is 29.8 Å². The van der Waals surface area contributed by atoms with E-state index in [0.717, 1.165) is 0 Å². The van der Waals surface area contributed by atoms with Crippen LogP contribution < -0.4 is 5.32 Å². The lowest BCUT2D eigenvalue weighted by Gasteiger charge is -2.21. The van der Waals surface area contributed by atoms with Gasteiger partial charge in [0.2, 0.25) is 0 Å². The number of alkyl halides is 3. The second-order valence-electron chi connectivity index (χ2n) is 4.12. The molecule has 102 valence electrons. The van der Waals surface area contributed by atoms with Gasteiger partial charge in [0.25, 0.3) is 0 Å². The van der Waals surface area contributed by atoms with Gasteiger partial charge in [-0.3, -0.25) is 5.32 Å². The Hall–Kier alpha value is -1.89. The number of aryl methyl sites for hydroxylation is 1. The van der Waals surface area contributed by atoms with Crippen molar-refractivity contribution < 1.29 is 13.2 Å². The number of nitrogens with one attached hydrogen (secondary N) is 1. The van der Waals surface area contributed by atoms with E-state index in [9.17, 15) is 13.2 Å². The summed E-state index contributed by atoms with van der Waals surface area (Å²) < 4.78 is 40.7. The smallest absolute Gasteiger partial charge is 0.320 e. The van der Waals surface area contributed by atoms with E-state index in [1.165, 1.54) is 18.5 Å². The third kappa shape index (κ3) is 3.31. The van der Waals surface area contributed by atoms with Crippen molar-refractivity contribution in [3.05, 3.63) is 48.0 Å². The molecule has 0 aliphatic heterocycles. The summed E-state index contributed by atoms with van der Waals surface area (Å²) in [5.74, 6) is 0.449. The van der Waals surface area contributed by atoms with Crippen molar-refractivity contribution in [1.82, 2.24) is 20.1 Å². The van der Waals surface area contributed by atoms with Crippen molar-refractivity contribution in [2.45, 2.75) is 18.8 Å².